The number of carbonyl (C=O) groups excluding carboxylic acids is 2. The molecule has 6 nitrogen and oxygen atoms in total. The third-order valence-corrected chi connectivity index (χ3v) is 6.31. The van der Waals surface area contributed by atoms with Gasteiger partial charge in [-0.05, 0) is 91.9 Å². The van der Waals surface area contributed by atoms with Gasteiger partial charge in [0.25, 0.3) is 0 Å². The van der Waals surface area contributed by atoms with Gasteiger partial charge in [-0.1, -0.05) is 30.3 Å². The SMILES string of the molecule is CC(C)(C)OC(=O)NCC1CCC(C(=O)NC(Cc2ccccc2)c2cncc(Br)c2)CC1. The van der Waals surface area contributed by atoms with E-state index in [1.807, 2.05) is 51.2 Å². The van der Waals surface area contributed by atoms with Gasteiger partial charge in [-0.25, -0.2) is 4.79 Å². The molecule has 3 rings (SSSR count). The van der Waals surface area contributed by atoms with Crippen LogP contribution in [0.2, 0.25) is 0 Å². The minimum Gasteiger partial charge on any atom is -0.444 e. The summed E-state index contributed by atoms with van der Waals surface area (Å²) in [6.45, 7) is 6.15. The molecule has 0 saturated heterocycles. The molecule has 0 aliphatic heterocycles. The molecule has 0 radical (unpaired) electrons. The fourth-order valence-electron chi connectivity index (χ4n) is 4.18. The van der Waals surface area contributed by atoms with Gasteiger partial charge in [0.1, 0.15) is 5.60 Å². The van der Waals surface area contributed by atoms with Crippen molar-refractivity contribution < 1.29 is 14.3 Å². The zero-order valence-corrected chi connectivity index (χ0v) is 21.2. The zero-order valence-electron chi connectivity index (χ0n) is 19.6. The van der Waals surface area contributed by atoms with Crippen LogP contribution in [0.25, 0.3) is 0 Å². The van der Waals surface area contributed by atoms with Gasteiger partial charge < -0.3 is 15.4 Å². The lowest BCUT2D eigenvalue weighted by Gasteiger charge is -2.30. The number of amides is 2. The van der Waals surface area contributed by atoms with Crippen LogP contribution >= 0.6 is 15.9 Å². The average Bonchev–Trinajstić information content (AvgIpc) is 2.77. The van der Waals surface area contributed by atoms with E-state index in [4.69, 9.17) is 4.74 Å². The van der Waals surface area contributed by atoms with Crippen molar-refractivity contribution in [2.24, 2.45) is 11.8 Å². The van der Waals surface area contributed by atoms with Crippen LogP contribution in [0.5, 0.6) is 0 Å². The van der Waals surface area contributed by atoms with Crippen LogP contribution in [-0.2, 0) is 16.0 Å². The third-order valence-electron chi connectivity index (χ3n) is 5.88. The molecule has 1 fully saturated rings. The van der Waals surface area contributed by atoms with Crippen molar-refractivity contribution >= 4 is 27.9 Å². The molecule has 178 valence electrons. The Morgan fingerprint density at radius 3 is 2.45 bits per heavy atom. The number of nitrogens with one attached hydrogen (secondary N) is 2. The van der Waals surface area contributed by atoms with Crippen LogP contribution in [0.4, 0.5) is 4.79 Å². The molecule has 0 bridgehead atoms. The predicted molar refractivity (Wildman–Crippen MR) is 133 cm³/mol. The molecule has 1 aromatic heterocycles. The average molecular weight is 516 g/mol. The highest BCUT2D eigenvalue weighted by Crippen LogP contribution is 2.30. The summed E-state index contributed by atoms with van der Waals surface area (Å²) in [6.07, 6.45) is 7.36. The fourth-order valence-corrected chi connectivity index (χ4v) is 4.56. The van der Waals surface area contributed by atoms with Crippen molar-refractivity contribution in [1.29, 1.82) is 0 Å². The molecule has 1 aliphatic rings. The smallest absolute Gasteiger partial charge is 0.407 e. The van der Waals surface area contributed by atoms with Crippen molar-refractivity contribution in [3.8, 4) is 0 Å². The summed E-state index contributed by atoms with van der Waals surface area (Å²) in [5, 5.41) is 6.15. The Labute approximate surface area is 205 Å². The van der Waals surface area contributed by atoms with E-state index in [0.29, 0.717) is 18.9 Å². The third kappa shape index (κ3) is 8.46. The van der Waals surface area contributed by atoms with Crippen molar-refractivity contribution in [3.05, 3.63) is 64.4 Å². The summed E-state index contributed by atoms with van der Waals surface area (Å²) in [5.74, 6) is 0.451. The number of aromatic nitrogens is 1. The summed E-state index contributed by atoms with van der Waals surface area (Å²) in [4.78, 5) is 29.3. The molecule has 2 N–H and O–H groups in total. The minimum atomic E-state index is -0.500. The standard InChI is InChI=1S/C26H34BrN3O3/c1-26(2,3)33-25(32)29-15-19-9-11-20(12-10-19)24(31)30-23(13-18-7-5-4-6-8-18)21-14-22(27)17-28-16-21/h4-8,14,16-17,19-20,23H,9-13,15H2,1-3H3,(H,29,32)(H,30,31). The first-order valence-corrected chi connectivity index (χ1v) is 12.4. The number of hydrogen-bond acceptors (Lipinski definition) is 4. The molecular weight excluding hydrogens is 482 g/mol. The second kappa shape index (κ2) is 11.6. The van der Waals surface area contributed by atoms with Crippen LogP contribution < -0.4 is 10.6 Å². The lowest BCUT2D eigenvalue weighted by Crippen LogP contribution is -2.39. The summed E-state index contributed by atoms with van der Waals surface area (Å²) >= 11 is 3.49. The highest BCUT2D eigenvalue weighted by Gasteiger charge is 2.29. The Bertz CT molecular complexity index is 922. The first-order chi connectivity index (χ1) is 15.7. The molecule has 33 heavy (non-hydrogen) atoms. The Hall–Kier alpha value is -2.41. The molecule has 1 heterocycles. The summed E-state index contributed by atoms with van der Waals surface area (Å²) in [7, 11) is 0. The quantitative estimate of drug-likeness (QED) is 0.504. The Morgan fingerprint density at radius 1 is 1.12 bits per heavy atom. The fraction of sp³-hybridized carbons (Fsp3) is 0.500. The number of alkyl carbamates (subject to hydrolysis) is 1. The van der Waals surface area contributed by atoms with E-state index in [2.05, 4.69) is 43.7 Å². The molecule has 0 spiro atoms. The normalized spacial score (nSPS) is 19.4. The minimum absolute atomic E-state index is 0.0128. The van der Waals surface area contributed by atoms with E-state index in [0.717, 1.165) is 35.7 Å². The van der Waals surface area contributed by atoms with Crippen LogP contribution in [-0.4, -0.2) is 29.1 Å². The molecule has 1 unspecified atom stereocenters. The van der Waals surface area contributed by atoms with E-state index in [1.54, 1.807) is 6.20 Å². The van der Waals surface area contributed by atoms with E-state index in [1.165, 1.54) is 5.56 Å². The largest absolute Gasteiger partial charge is 0.444 e. The van der Waals surface area contributed by atoms with Crippen LogP contribution in [0.3, 0.4) is 0 Å². The maximum absolute atomic E-state index is 13.2. The lowest BCUT2D eigenvalue weighted by molar-refractivity contribution is -0.127. The molecule has 1 aliphatic carbocycles. The van der Waals surface area contributed by atoms with Gasteiger partial charge in [0.15, 0.2) is 0 Å². The van der Waals surface area contributed by atoms with E-state index >= 15 is 0 Å². The maximum Gasteiger partial charge on any atom is 0.407 e. The topological polar surface area (TPSA) is 80.3 Å². The van der Waals surface area contributed by atoms with Crippen molar-refractivity contribution in [3.63, 3.8) is 0 Å². The van der Waals surface area contributed by atoms with Crippen molar-refractivity contribution in [2.75, 3.05) is 6.54 Å². The van der Waals surface area contributed by atoms with Gasteiger partial charge in [-0.15, -0.1) is 0 Å². The zero-order chi connectivity index (χ0) is 23.8. The number of nitrogens with zero attached hydrogens (tertiary/aromatic N) is 1. The number of benzene rings is 1. The Morgan fingerprint density at radius 2 is 1.82 bits per heavy atom. The molecule has 2 aromatic rings. The summed E-state index contributed by atoms with van der Waals surface area (Å²) in [6, 6.07) is 12.0. The van der Waals surface area contributed by atoms with Crippen LogP contribution in [0.15, 0.2) is 53.3 Å². The maximum atomic E-state index is 13.2. The molecule has 1 atom stereocenters. The lowest BCUT2D eigenvalue weighted by atomic mass is 9.81. The highest BCUT2D eigenvalue weighted by atomic mass is 79.9. The number of pyridine rings is 1. The van der Waals surface area contributed by atoms with Crippen LogP contribution in [0, 0.1) is 11.8 Å². The first kappa shape index (κ1) is 25.2. The molecule has 1 saturated carbocycles. The second-order valence-corrected chi connectivity index (χ2v) is 10.7. The van der Waals surface area contributed by atoms with Gasteiger partial charge in [-0.2, -0.15) is 0 Å². The Kier molecular flexibility index (Phi) is 8.89. The highest BCUT2D eigenvalue weighted by molar-refractivity contribution is 9.10. The van der Waals surface area contributed by atoms with Gasteiger partial charge >= 0.3 is 6.09 Å². The van der Waals surface area contributed by atoms with E-state index in [9.17, 15) is 9.59 Å². The summed E-state index contributed by atoms with van der Waals surface area (Å²) in [5.41, 5.74) is 1.65. The van der Waals surface area contributed by atoms with Gasteiger partial charge in [0, 0.05) is 29.3 Å². The van der Waals surface area contributed by atoms with Crippen molar-refractivity contribution in [1.82, 2.24) is 15.6 Å². The van der Waals surface area contributed by atoms with Crippen LogP contribution in [0.1, 0.15) is 63.6 Å². The van der Waals surface area contributed by atoms with Gasteiger partial charge in [0.05, 0.1) is 6.04 Å². The predicted octanol–water partition coefficient (Wildman–Crippen LogP) is 5.58. The Balaban J connectivity index is 1.54. The van der Waals surface area contributed by atoms with E-state index < -0.39 is 5.60 Å². The first-order valence-electron chi connectivity index (χ1n) is 11.6. The molecule has 1 aromatic carbocycles. The number of hydrogen-bond donors (Lipinski definition) is 2. The molecule has 7 heteroatoms. The number of halogens is 1. The second-order valence-electron chi connectivity index (χ2n) is 9.79. The van der Waals surface area contributed by atoms with Gasteiger partial charge in [0.2, 0.25) is 5.91 Å². The number of rotatable bonds is 7. The monoisotopic (exact) mass is 515 g/mol. The van der Waals surface area contributed by atoms with Gasteiger partial charge in [-0.3, -0.25) is 9.78 Å². The van der Waals surface area contributed by atoms with E-state index in [-0.39, 0.29) is 24.0 Å². The molecule has 2 amide bonds. The number of ether oxygens (including phenoxy) is 1. The molecular formula is C26H34BrN3O3. The number of carbonyl (C=O) groups is 2. The van der Waals surface area contributed by atoms with Crippen molar-refractivity contribution in [2.45, 2.75) is 64.5 Å². The summed E-state index contributed by atoms with van der Waals surface area (Å²) < 4.78 is 6.20.